The summed E-state index contributed by atoms with van der Waals surface area (Å²) >= 11 is 0. The van der Waals surface area contributed by atoms with Gasteiger partial charge >= 0.3 is 5.97 Å². The van der Waals surface area contributed by atoms with Gasteiger partial charge in [-0.1, -0.05) is 19.1 Å². The zero-order chi connectivity index (χ0) is 22.3. The summed E-state index contributed by atoms with van der Waals surface area (Å²) in [6, 6.07) is 13.0. The summed E-state index contributed by atoms with van der Waals surface area (Å²) in [6.07, 6.45) is 0.695. The predicted molar refractivity (Wildman–Crippen MR) is 115 cm³/mol. The number of sulfonamides is 1. The fraction of sp³-hybridized carbons (Fsp3) is 0.333. The Morgan fingerprint density at radius 1 is 1.07 bits per heavy atom. The molecule has 0 aromatic heterocycles. The van der Waals surface area contributed by atoms with Gasteiger partial charge in [0.2, 0.25) is 10.0 Å². The van der Waals surface area contributed by atoms with Gasteiger partial charge in [-0.2, -0.15) is 0 Å². The van der Waals surface area contributed by atoms with Crippen LogP contribution < -0.4 is 14.4 Å². The molecule has 1 amide bonds. The standard InChI is InChI=1S/C21H26N2O6S/c1-5-19(29-16-13-11-15(12-14-16)23(3)30(4,26)27)20(24)22-18-10-8-7-9-17(18)21(25)28-6-2/h7-14,19H,5-6H2,1-4H3,(H,22,24). The molecular weight excluding hydrogens is 408 g/mol. The summed E-state index contributed by atoms with van der Waals surface area (Å²) in [5.74, 6) is -0.513. The van der Waals surface area contributed by atoms with Crippen LogP contribution in [0.3, 0.4) is 0 Å². The second-order valence-electron chi connectivity index (χ2n) is 6.49. The van der Waals surface area contributed by atoms with Crippen LogP contribution in [0.5, 0.6) is 5.75 Å². The lowest BCUT2D eigenvalue weighted by atomic mass is 10.1. The summed E-state index contributed by atoms with van der Waals surface area (Å²) in [7, 11) is -1.92. The van der Waals surface area contributed by atoms with Crippen molar-refractivity contribution in [1.82, 2.24) is 0 Å². The minimum absolute atomic E-state index is 0.228. The number of carbonyl (C=O) groups is 2. The Balaban J connectivity index is 2.12. The number of amides is 1. The molecule has 0 bridgehead atoms. The van der Waals surface area contributed by atoms with E-state index >= 15 is 0 Å². The van der Waals surface area contributed by atoms with E-state index in [2.05, 4.69) is 5.32 Å². The van der Waals surface area contributed by atoms with E-state index in [0.717, 1.165) is 10.6 Å². The van der Waals surface area contributed by atoms with E-state index < -0.39 is 28.0 Å². The number of nitrogens with one attached hydrogen (secondary N) is 1. The molecule has 0 heterocycles. The summed E-state index contributed by atoms with van der Waals surface area (Å²) in [5.41, 5.74) is 1.08. The third-order valence-electron chi connectivity index (χ3n) is 4.32. The molecule has 0 aliphatic heterocycles. The molecule has 162 valence electrons. The molecular formula is C21H26N2O6S. The lowest BCUT2D eigenvalue weighted by molar-refractivity contribution is -0.122. The van der Waals surface area contributed by atoms with Crippen LogP contribution in [0, 0.1) is 0 Å². The first kappa shape index (κ1) is 23.2. The lowest BCUT2D eigenvalue weighted by Gasteiger charge is -2.20. The predicted octanol–water partition coefficient (Wildman–Crippen LogP) is 3.06. The number of esters is 1. The zero-order valence-corrected chi connectivity index (χ0v) is 18.2. The molecule has 0 radical (unpaired) electrons. The number of benzene rings is 2. The largest absolute Gasteiger partial charge is 0.481 e. The maximum Gasteiger partial charge on any atom is 0.340 e. The van der Waals surface area contributed by atoms with E-state index in [1.807, 2.05) is 0 Å². The number of carbonyl (C=O) groups excluding carboxylic acids is 2. The SMILES string of the molecule is CCOC(=O)c1ccccc1NC(=O)C(CC)Oc1ccc(N(C)S(C)(=O)=O)cc1. The number of anilines is 2. The molecule has 1 N–H and O–H groups in total. The molecule has 1 unspecified atom stereocenters. The van der Waals surface area contributed by atoms with Gasteiger partial charge < -0.3 is 14.8 Å². The van der Waals surface area contributed by atoms with Crippen LogP contribution in [-0.2, 0) is 19.6 Å². The Morgan fingerprint density at radius 3 is 2.27 bits per heavy atom. The maximum absolute atomic E-state index is 12.7. The van der Waals surface area contributed by atoms with Crippen molar-refractivity contribution in [3.05, 3.63) is 54.1 Å². The molecule has 0 saturated carbocycles. The summed E-state index contributed by atoms with van der Waals surface area (Å²) < 4.78 is 35.2. The third-order valence-corrected chi connectivity index (χ3v) is 5.53. The van der Waals surface area contributed by atoms with Gasteiger partial charge in [-0.05, 0) is 49.7 Å². The van der Waals surface area contributed by atoms with Gasteiger partial charge in [-0.25, -0.2) is 13.2 Å². The molecule has 8 nitrogen and oxygen atoms in total. The average Bonchev–Trinajstić information content (AvgIpc) is 2.71. The minimum atomic E-state index is -3.37. The third kappa shape index (κ3) is 5.96. The number of rotatable bonds is 9. The Labute approximate surface area is 176 Å². The molecule has 2 aromatic carbocycles. The molecule has 0 saturated heterocycles. The number of hydrogen-bond donors (Lipinski definition) is 1. The topological polar surface area (TPSA) is 102 Å². The highest BCUT2D eigenvalue weighted by atomic mass is 32.2. The first-order chi connectivity index (χ1) is 14.2. The Morgan fingerprint density at radius 2 is 1.70 bits per heavy atom. The second-order valence-corrected chi connectivity index (χ2v) is 8.51. The van der Waals surface area contributed by atoms with E-state index in [1.54, 1.807) is 62.4 Å². The van der Waals surface area contributed by atoms with Crippen LogP contribution in [0.15, 0.2) is 48.5 Å². The van der Waals surface area contributed by atoms with E-state index in [0.29, 0.717) is 23.5 Å². The molecule has 0 fully saturated rings. The zero-order valence-electron chi connectivity index (χ0n) is 17.4. The summed E-state index contributed by atoms with van der Waals surface area (Å²) in [5, 5.41) is 2.72. The maximum atomic E-state index is 12.7. The van der Waals surface area contributed by atoms with Gasteiger partial charge in [-0.15, -0.1) is 0 Å². The molecule has 9 heteroatoms. The molecule has 0 aliphatic rings. The van der Waals surface area contributed by atoms with Gasteiger partial charge in [0.1, 0.15) is 5.75 Å². The normalized spacial score (nSPS) is 12.0. The molecule has 0 aliphatic carbocycles. The fourth-order valence-electron chi connectivity index (χ4n) is 2.60. The van der Waals surface area contributed by atoms with Crippen molar-refractivity contribution >= 4 is 33.3 Å². The Bertz CT molecular complexity index is 989. The van der Waals surface area contributed by atoms with Crippen LogP contribution in [0.2, 0.25) is 0 Å². The first-order valence-corrected chi connectivity index (χ1v) is 11.3. The van der Waals surface area contributed by atoms with E-state index in [4.69, 9.17) is 9.47 Å². The van der Waals surface area contributed by atoms with E-state index in [9.17, 15) is 18.0 Å². The van der Waals surface area contributed by atoms with Gasteiger partial charge in [0.05, 0.1) is 29.8 Å². The number of hydrogen-bond acceptors (Lipinski definition) is 6. The van der Waals surface area contributed by atoms with Crippen LogP contribution in [0.1, 0.15) is 30.6 Å². The molecule has 2 aromatic rings. The molecule has 0 spiro atoms. The van der Waals surface area contributed by atoms with Crippen molar-refractivity contribution in [1.29, 1.82) is 0 Å². The van der Waals surface area contributed by atoms with Crippen molar-refractivity contribution in [2.75, 3.05) is 29.5 Å². The van der Waals surface area contributed by atoms with E-state index in [1.165, 1.54) is 7.05 Å². The van der Waals surface area contributed by atoms with Crippen LogP contribution in [-0.4, -0.2) is 46.3 Å². The summed E-state index contributed by atoms with van der Waals surface area (Å²) in [6.45, 7) is 3.73. The number of nitrogens with zero attached hydrogens (tertiary/aromatic N) is 1. The van der Waals surface area contributed by atoms with Crippen LogP contribution >= 0.6 is 0 Å². The van der Waals surface area contributed by atoms with Crippen molar-refractivity contribution in [3.8, 4) is 5.75 Å². The fourth-order valence-corrected chi connectivity index (χ4v) is 3.11. The lowest BCUT2D eigenvalue weighted by Crippen LogP contribution is -2.33. The van der Waals surface area contributed by atoms with Crippen molar-refractivity contribution < 1.29 is 27.5 Å². The van der Waals surface area contributed by atoms with Crippen LogP contribution in [0.25, 0.3) is 0 Å². The van der Waals surface area contributed by atoms with Gasteiger partial charge in [0.25, 0.3) is 5.91 Å². The smallest absolute Gasteiger partial charge is 0.340 e. The number of ether oxygens (including phenoxy) is 2. The van der Waals surface area contributed by atoms with Gasteiger partial charge in [0.15, 0.2) is 6.10 Å². The highest BCUT2D eigenvalue weighted by Gasteiger charge is 2.21. The molecule has 1 atom stereocenters. The highest BCUT2D eigenvalue weighted by Crippen LogP contribution is 2.22. The molecule has 2 rings (SSSR count). The Hall–Kier alpha value is -3.07. The van der Waals surface area contributed by atoms with Gasteiger partial charge in [0, 0.05) is 7.05 Å². The quantitative estimate of drug-likeness (QED) is 0.609. The molecule has 30 heavy (non-hydrogen) atoms. The van der Waals surface area contributed by atoms with Gasteiger partial charge in [-0.3, -0.25) is 9.10 Å². The first-order valence-electron chi connectivity index (χ1n) is 9.45. The Kier molecular flexibility index (Phi) is 7.82. The van der Waals surface area contributed by atoms with Crippen molar-refractivity contribution in [2.45, 2.75) is 26.4 Å². The minimum Gasteiger partial charge on any atom is -0.481 e. The van der Waals surface area contributed by atoms with Crippen molar-refractivity contribution in [3.63, 3.8) is 0 Å². The number of para-hydroxylation sites is 1. The van der Waals surface area contributed by atoms with Crippen LogP contribution in [0.4, 0.5) is 11.4 Å². The van der Waals surface area contributed by atoms with E-state index in [-0.39, 0.29) is 12.2 Å². The van der Waals surface area contributed by atoms with Crippen molar-refractivity contribution in [2.24, 2.45) is 0 Å². The average molecular weight is 435 g/mol. The second kappa shape index (κ2) is 10.1. The highest BCUT2D eigenvalue weighted by molar-refractivity contribution is 7.92. The summed E-state index contributed by atoms with van der Waals surface area (Å²) in [4.78, 5) is 24.8. The monoisotopic (exact) mass is 434 g/mol.